The van der Waals surface area contributed by atoms with E-state index in [0.717, 1.165) is 22.5 Å². The summed E-state index contributed by atoms with van der Waals surface area (Å²) < 4.78 is 12.6. The monoisotopic (exact) mass is 339 g/mol. The van der Waals surface area contributed by atoms with E-state index >= 15 is 0 Å². The second-order valence-corrected chi connectivity index (χ2v) is 6.84. The highest BCUT2D eigenvalue weighted by atomic mass is 79.9. The maximum Gasteiger partial charge on any atom is 0.122 e. The van der Waals surface area contributed by atoms with Gasteiger partial charge < -0.3 is 14.8 Å². The van der Waals surface area contributed by atoms with Crippen LogP contribution in [0.25, 0.3) is 0 Å². The van der Waals surface area contributed by atoms with Crippen molar-refractivity contribution in [1.29, 1.82) is 0 Å². The van der Waals surface area contributed by atoms with Crippen LogP contribution in [0.5, 0.6) is 5.75 Å². The maximum absolute atomic E-state index is 6.31. The minimum Gasteiger partial charge on any atom is -0.497 e. The van der Waals surface area contributed by atoms with Crippen molar-refractivity contribution in [3.63, 3.8) is 0 Å². The largest absolute Gasteiger partial charge is 0.497 e. The third-order valence-corrected chi connectivity index (χ3v) is 4.95. The van der Waals surface area contributed by atoms with Crippen molar-refractivity contribution >= 4 is 21.6 Å². The predicted molar refractivity (Wildman–Crippen MR) is 84.5 cm³/mol. The molecule has 1 spiro atoms. The van der Waals surface area contributed by atoms with Crippen LogP contribution in [0.15, 0.2) is 22.7 Å². The normalized spacial score (nSPS) is 24.2. The lowest BCUT2D eigenvalue weighted by atomic mass is 9.98. The zero-order valence-corrected chi connectivity index (χ0v) is 13.5. The Hall–Kier alpha value is -0.740. The Balaban J connectivity index is 1.56. The number of halogens is 1. The summed E-state index contributed by atoms with van der Waals surface area (Å²) in [6, 6.07) is 6.05. The highest BCUT2D eigenvalue weighted by Crippen LogP contribution is 2.43. The molecule has 1 aliphatic heterocycles. The van der Waals surface area contributed by atoms with E-state index in [0.29, 0.717) is 6.10 Å². The third-order valence-electron chi connectivity index (χ3n) is 4.49. The quantitative estimate of drug-likeness (QED) is 0.883. The number of rotatable bonds is 4. The molecule has 0 aromatic heterocycles. The molecule has 1 heterocycles. The summed E-state index contributed by atoms with van der Waals surface area (Å²) in [4.78, 5) is 0. The summed E-state index contributed by atoms with van der Waals surface area (Å²) in [6.07, 6.45) is 7.95. The molecule has 1 N–H and O–H groups in total. The molecule has 1 aromatic rings. The van der Waals surface area contributed by atoms with Gasteiger partial charge in [-0.15, -0.1) is 0 Å². The maximum atomic E-state index is 6.31. The highest BCUT2D eigenvalue weighted by molar-refractivity contribution is 9.10. The van der Waals surface area contributed by atoms with E-state index < -0.39 is 0 Å². The summed E-state index contributed by atoms with van der Waals surface area (Å²) in [5, 5.41) is 3.47. The number of nitrogens with one attached hydrogen (secondary N) is 1. The van der Waals surface area contributed by atoms with Crippen LogP contribution >= 0.6 is 15.9 Å². The molecule has 1 saturated heterocycles. The molecule has 0 amide bonds. The molecule has 1 aliphatic carbocycles. The first-order valence-corrected chi connectivity index (χ1v) is 8.25. The lowest BCUT2D eigenvalue weighted by Crippen LogP contribution is -2.27. The number of anilines is 1. The molecule has 20 heavy (non-hydrogen) atoms. The first-order valence-electron chi connectivity index (χ1n) is 7.45. The molecule has 2 fully saturated rings. The minimum atomic E-state index is 0.224. The van der Waals surface area contributed by atoms with E-state index in [1.165, 1.54) is 38.5 Å². The molecule has 4 heteroatoms. The van der Waals surface area contributed by atoms with Gasteiger partial charge in [-0.2, -0.15) is 0 Å². The van der Waals surface area contributed by atoms with Crippen LogP contribution in [0.2, 0.25) is 0 Å². The number of methoxy groups -OCH3 is 1. The van der Waals surface area contributed by atoms with Crippen molar-refractivity contribution in [1.82, 2.24) is 0 Å². The van der Waals surface area contributed by atoms with Gasteiger partial charge in [0.2, 0.25) is 0 Å². The average Bonchev–Trinajstić information content (AvgIpc) is 3.07. The fourth-order valence-electron chi connectivity index (χ4n) is 3.44. The van der Waals surface area contributed by atoms with Gasteiger partial charge >= 0.3 is 0 Å². The van der Waals surface area contributed by atoms with E-state index in [-0.39, 0.29) is 5.60 Å². The van der Waals surface area contributed by atoms with Gasteiger partial charge in [0.15, 0.2) is 0 Å². The summed E-state index contributed by atoms with van der Waals surface area (Å²) in [6.45, 7) is 0.876. The molecule has 1 atom stereocenters. The molecule has 0 bridgehead atoms. The Morgan fingerprint density at radius 3 is 2.85 bits per heavy atom. The van der Waals surface area contributed by atoms with Crippen LogP contribution in [0.1, 0.15) is 38.5 Å². The van der Waals surface area contributed by atoms with Gasteiger partial charge in [0.25, 0.3) is 0 Å². The standard InChI is InChI=1S/C16H22BrNO2/c1-19-15-9-12(17)8-13(10-15)18-11-14-4-7-16(20-14)5-2-3-6-16/h8-10,14,18H,2-7,11H2,1H3. The summed E-state index contributed by atoms with van der Waals surface area (Å²) >= 11 is 3.50. The molecule has 1 aromatic carbocycles. The van der Waals surface area contributed by atoms with Crippen molar-refractivity contribution in [3.8, 4) is 5.75 Å². The lowest BCUT2D eigenvalue weighted by molar-refractivity contribution is -0.0307. The predicted octanol–water partition coefficient (Wildman–Crippen LogP) is 4.36. The van der Waals surface area contributed by atoms with Crippen molar-refractivity contribution in [3.05, 3.63) is 22.7 Å². The first kappa shape index (κ1) is 14.2. The molecule has 3 nitrogen and oxygen atoms in total. The second kappa shape index (κ2) is 5.94. The fourth-order valence-corrected chi connectivity index (χ4v) is 3.91. The van der Waals surface area contributed by atoms with Crippen LogP contribution in [0, 0.1) is 0 Å². The van der Waals surface area contributed by atoms with Gasteiger partial charge in [0, 0.05) is 22.8 Å². The average molecular weight is 340 g/mol. The van der Waals surface area contributed by atoms with E-state index in [1.54, 1.807) is 7.11 Å². The SMILES string of the molecule is COc1cc(Br)cc(NCC2CCC3(CCCC3)O2)c1. The van der Waals surface area contributed by atoms with Crippen LogP contribution in [-0.2, 0) is 4.74 Å². The molecule has 2 aliphatic rings. The summed E-state index contributed by atoms with van der Waals surface area (Å²) in [7, 11) is 1.69. The highest BCUT2D eigenvalue weighted by Gasteiger charge is 2.41. The number of hydrogen-bond donors (Lipinski definition) is 1. The van der Waals surface area contributed by atoms with Crippen LogP contribution in [-0.4, -0.2) is 25.4 Å². The molecule has 0 radical (unpaired) electrons. The van der Waals surface area contributed by atoms with Gasteiger partial charge in [0.1, 0.15) is 5.75 Å². The smallest absolute Gasteiger partial charge is 0.122 e. The van der Waals surface area contributed by atoms with Gasteiger partial charge in [-0.3, -0.25) is 0 Å². The Morgan fingerprint density at radius 2 is 2.10 bits per heavy atom. The molecular formula is C16H22BrNO2. The van der Waals surface area contributed by atoms with E-state index in [1.807, 2.05) is 12.1 Å². The van der Waals surface area contributed by atoms with Gasteiger partial charge in [-0.1, -0.05) is 28.8 Å². The van der Waals surface area contributed by atoms with Crippen molar-refractivity contribution in [2.24, 2.45) is 0 Å². The van der Waals surface area contributed by atoms with E-state index in [4.69, 9.17) is 9.47 Å². The number of hydrogen-bond acceptors (Lipinski definition) is 3. The molecular weight excluding hydrogens is 318 g/mol. The fraction of sp³-hybridized carbons (Fsp3) is 0.625. The Kier molecular flexibility index (Phi) is 4.22. The Bertz CT molecular complexity index is 472. The number of benzene rings is 1. The van der Waals surface area contributed by atoms with Crippen molar-refractivity contribution in [2.45, 2.75) is 50.2 Å². The molecule has 1 unspecified atom stereocenters. The van der Waals surface area contributed by atoms with E-state index in [2.05, 4.69) is 27.3 Å². The summed E-state index contributed by atoms with van der Waals surface area (Å²) in [5.41, 5.74) is 1.30. The van der Waals surface area contributed by atoms with Crippen molar-refractivity contribution < 1.29 is 9.47 Å². The van der Waals surface area contributed by atoms with Crippen LogP contribution in [0.4, 0.5) is 5.69 Å². The summed E-state index contributed by atoms with van der Waals surface area (Å²) in [5.74, 6) is 0.862. The van der Waals surface area contributed by atoms with Gasteiger partial charge in [0.05, 0.1) is 18.8 Å². The number of ether oxygens (including phenoxy) is 2. The van der Waals surface area contributed by atoms with Crippen LogP contribution < -0.4 is 10.1 Å². The second-order valence-electron chi connectivity index (χ2n) is 5.93. The van der Waals surface area contributed by atoms with Crippen molar-refractivity contribution in [2.75, 3.05) is 19.0 Å². The molecule has 110 valence electrons. The third kappa shape index (κ3) is 3.12. The van der Waals surface area contributed by atoms with Crippen LogP contribution in [0.3, 0.4) is 0 Å². The lowest BCUT2D eigenvalue weighted by Gasteiger charge is -2.24. The minimum absolute atomic E-state index is 0.224. The zero-order valence-electron chi connectivity index (χ0n) is 12.0. The molecule has 3 rings (SSSR count). The molecule has 1 saturated carbocycles. The Morgan fingerprint density at radius 1 is 1.30 bits per heavy atom. The van der Waals surface area contributed by atoms with E-state index in [9.17, 15) is 0 Å². The first-order chi connectivity index (χ1) is 9.69. The topological polar surface area (TPSA) is 30.5 Å². The Labute approximate surface area is 129 Å². The zero-order chi connectivity index (χ0) is 14.0. The van der Waals surface area contributed by atoms with Gasteiger partial charge in [-0.05, 0) is 37.8 Å². The van der Waals surface area contributed by atoms with Gasteiger partial charge in [-0.25, -0.2) is 0 Å².